The lowest BCUT2D eigenvalue weighted by Gasteiger charge is -2.28. The summed E-state index contributed by atoms with van der Waals surface area (Å²) in [6.07, 6.45) is 5.95. The van der Waals surface area contributed by atoms with Gasteiger partial charge in [-0.05, 0) is 18.9 Å². The van der Waals surface area contributed by atoms with Gasteiger partial charge in [0, 0.05) is 25.7 Å². The molecule has 0 fully saturated rings. The molecule has 0 saturated heterocycles. The largest absolute Gasteiger partial charge is 0.375 e. The van der Waals surface area contributed by atoms with Crippen molar-refractivity contribution >= 4 is 0 Å². The molecule has 0 heterocycles. The first-order chi connectivity index (χ1) is 8.71. The van der Waals surface area contributed by atoms with Gasteiger partial charge in [0.1, 0.15) is 5.82 Å². The molecule has 1 N–H and O–H groups in total. The van der Waals surface area contributed by atoms with Crippen molar-refractivity contribution in [2.75, 3.05) is 13.6 Å². The summed E-state index contributed by atoms with van der Waals surface area (Å²) in [5, 5.41) is 11.7. The van der Waals surface area contributed by atoms with Crippen LogP contribution < -0.4 is 5.32 Å². The van der Waals surface area contributed by atoms with Gasteiger partial charge in [0.2, 0.25) is 0 Å². The van der Waals surface area contributed by atoms with E-state index in [0.717, 1.165) is 30.9 Å². The van der Waals surface area contributed by atoms with Crippen molar-refractivity contribution in [2.24, 2.45) is 0 Å². The molecule has 0 aliphatic rings. The van der Waals surface area contributed by atoms with Gasteiger partial charge in [0.15, 0.2) is 0 Å². The normalized spacial score (nSPS) is 9.61. The zero-order valence-electron chi connectivity index (χ0n) is 12.3. The third kappa shape index (κ3) is 7.56. The van der Waals surface area contributed by atoms with Gasteiger partial charge in [-0.1, -0.05) is 40.0 Å². The summed E-state index contributed by atoms with van der Waals surface area (Å²) in [5.41, 5.74) is 1.04. The highest BCUT2D eigenvalue weighted by molar-refractivity contribution is 5.13. The van der Waals surface area contributed by atoms with Crippen LogP contribution in [0.15, 0.2) is 36.8 Å². The molecule has 0 aliphatic carbocycles. The van der Waals surface area contributed by atoms with Crippen LogP contribution >= 0.6 is 0 Å². The van der Waals surface area contributed by atoms with E-state index < -0.39 is 0 Å². The number of nitrogens with one attached hydrogen (secondary N) is 1. The average Bonchev–Trinajstić information content (AvgIpc) is 2.43. The molecule has 0 rings (SSSR count). The lowest BCUT2D eigenvalue weighted by atomic mass is 10.2. The monoisotopic (exact) mass is 249 g/mol. The van der Waals surface area contributed by atoms with Crippen LogP contribution in [0, 0.1) is 11.3 Å². The van der Waals surface area contributed by atoms with E-state index in [-0.39, 0.29) is 0 Å². The molecule has 3 nitrogen and oxygen atoms in total. The summed E-state index contributed by atoms with van der Waals surface area (Å²) < 4.78 is 0. The molecule has 0 aromatic rings. The molecule has 0 aliphatic heterocycles. The van der Waals surface area contributed by atoms with Crippen molar-refractivity contribution in [3.63, 3.8) is 0 Å². The molecule has 0 aromatic heterocycles. The van der Waals surface area contributed by atoms with Crippen molar-refractivity contribution in [3.8, 4) is 6.07 Å². The van der Waals surface area contributed by atoms with Gasteiger partial charge in [0.05, 0.1) is 6.07 Å². The molecule has 0 saturated carbocycles. The number of nitrogens with zero attached hydrogens (tertiary/aromatic N) is 2. The van der Waals surface area contributed by atoms with Gasteiger partial charge in [-0.3, -0.25) is 0 Å². The van der Waals surface area contributed by atoms with E-state index in [1.807, 2.05) is 27.0 Å². The standard InChI is InChI=1S/C13H21N3.C2H6/c1-5-9-13(15-4)16(12(3)6-2)11-8-7-10-14;1-2/h5,9,15H,1,3,6-8,11H2,2,4H3;1-2H3/b13-9+;. The van der Waals surface area contributed by atoms with E-state index in [9.17, 15) is 0 Å². The Morgan fingerprint density at radius 3 is 2.44 bits per heavy atom. The molecular formula is C15H27N3. The number of unbranched alkanes of at least 4 members (excludes halogenated alkanes) is 1. The zero-order valence-corrected chi connectivity index (χ0v) is 12.3. The number of nitriles is 1. The van der Waals surface area contributed by atoms with Crippen molar-refractivity contribution in [3.05, 3.63) is 36.8 Å². The number of allylic oxidation sites excluding steroid dienone is 3. The van der Waals surface area contributed by atoms with Gasteiger partial charge in [0.25, 0.3) is 0 Å². The molecule has 0 spiro atoms. The quantitative estimate of drug-likeness (QED) is 0.525. The van der Waals surface area contributed by atoms with Crippen LogP contribution in [0.3, 0.4) is 0 Å². The second kappa shape index (κ2) is 13.4. The summed E-state index contributed by atoms with van der Waals surface area (Å²) >= 11 is 0. The first-order valence-corrected chi connectivity index (χ1v) is 6.54. The topological polar surface area (TPSA) is 39.1 Å². The fraction of sp³-hybridized carbons (Fsp3) is 0.533. The Kier molecular flexibility index (Phi) is 13.9. The first-order valence-electron chi connectivity index (χ1n) is 6.54. The maximum atomic E-state index is 8.54. The third-order valence-corrected chi connectivity index (χ3v) is 2.28. The molecule has 0 aromatic carbocycles. The van der Waals surface area contributed by atoms with Crippen LogP contribution in [-0.4, -0.2) is 18.5 Å². The Hall–Kier alpha value is -1.69. The van der Waals surface area contributed by atoms with Crippen LogP contribution in [0.1, 0.15) is 40.0 Å². The Morgan fingerprint density at radius 1 is 1.44 bits per heavy atom. The first kappa shape index (κ1) is 18.7. The summed E-state index contributed by atoms with van der Waals surface area (Å²) in [7, 11) is 1.87. The van der Waals surface area contributed by atoms with Crippen molar-refractivity contribution in [1.82, 2.24) is 10.2 Å². The van der Waals surface area contributed by atoms with Crippen LogP contribution in [-0.2, 0) is 0 Å². The van der Waals surface area contributed by atoms with Gasteiger partial charge in [-0.15, -0.1) is 0 Å². The summed E-state index contributed by atoms with van der Waals surface area (Å²) in [6, 6.07) is 2.15. The Labute approximate surface area is 112 Å². The average molecular weight is 249 g/mol. The maximum absolute atomic E-state index is 8.54. The lowest BCUT2D eigenvalue weighted by molar-refractivity contribution is 0.387. The lowest BCUT2D eigenvalue weighted by Crippen LogP contribution is -2.29. The van der Waals surface area contributed by atoms with Crippen LogP contribution in [0.2, 0.25) is 0 Å². The predicted molar refractivity (Wildman–Crippen MR) is 79.7 cm³/mol. The molecule has 0 atom stereocenters. The third-order valence-electron chi connectivity index (χ3n) is 2.28. The van der Waals surface area contributed by atoms with Crippen molar-refractivity contribution in [1.29, 1.82) is 5.26 Å². The summed E-state index contributed by atoms with van der Waals surface area (Å²) in [4.78, 5) is 2.10. The maximum Gasteiger partial charge on any atom is 0.105 e. The van der Waals surface area contributed by atoms with Gasteiger partial charge >= 0.3 is 0 Å². The molecule has 18 heavy (non-hydrogen) atoms. The SMILES string of the molecule is C=C/C=C(\NC)N(CCCC#N)C(=C)CC.CC. The van der Waals surface area contributed by atoms with Crippen molar-refractivity contribution < 1.29 is 0 Å². The van der Waals surface area contributed by atoms with E-state index in [1.165, 1.54) is 0 Å². The van der Waals surface area contributed by atoms with Gasteiger partial charge in [-0.2, -0.15) is 5.26 Å². The highest BCUT2D eigenvalue weighted by Gasteiger charge is 2.09. The Balaban J connectivity index is 0. The minimum Gasteiger partial charge on any atom is -0.375 e. The highest BCUT2D eigenvalue weighted by Crippen LogP contribution is 2.13. The Bertz CT molecular complexity index is 297. The van der Waals surface area contributed by atoms with Crippen molar-refractivity contribution in [2.45, 2.75) is 40.0 Å². The molecule has 0 amide bonds. The van der Waals surface area contributed by atoms with E-state index in [2.05, 4.69) is 36.4 Å². The van der Waals surface area contributed by atoms with E-state index >= 15 is 0 Å². The predicted octanol–water partition coefficient (Wildman–Crippen LogP) is 3.79. The summed E-state index contributed by atoms with van der Waals surface area (Å²) in [6.45, 7) is 14.6. The van der Waals surface area contributed by atoms with E-state index in [1.54, 1.807) is 6.08 Å². The van der Waals surface area contributed by atoms with Crippen LogP contribution in [0.4, 0.5) is 0 Å². The van der Waals surface area contributed by atoms with Crippen LogP contribution in [0.5, 0.6) is 0 Å². The number of rotatable bonds is 8. The van der Waals surface area contributed by atoms with Gasteiger partial charge in [-0.25, -0.2) is 0 Å². The van der Waals surface area contributed by atoms with E-state index in [4.69, 9.17) is 5.26 Å². The summed E-state index contributed by atoms with van der Waals surface area (Å²) in [5.74, 6) is 0.972. The minimum atomic E-state index is 0.568. The van der Waals surface area contributed by atoms with Crippen LogP contribution in [0.25, 0.3) is 0 Å². The fourth-order valence-corrected chi connectivity index (χ4v) is 1.38. The van der Waals surface area contributed by atoms with Gasteiger partial charge < -0.3 is 10.2 Å². The second-order valence-electron chi connectivity index (χ2n) is 3.37. The number of hydrogen-bond donors (Lipinski definition) is 1. The highest BCUT2D eigenvalue weighted by atomic mass is 15.2. The smallest absolute Gasteiger partial charge is 0.105 e. The molecule has 0 unspecified atom stereocenters. The minimum absolute atomic E-state index is 0.568. The molecule has 102 valence electrons. The molecule has 0 bridgehead atoms. The molecule has 3 heteroatoms. The van der Waals surface area contributed by atoms with E-state index in [0.29, 0.717) is 6.42 Å². The molecule has 0 radical (unpaired) electrons. The Morgan fingerprint density at radius 2 is 2.06 bits per heavy atom. The fourth-order valence-electron chi connectivity index (χ4n) is 1.38. The number of hydrogen-bond acceptors (Lipinski definition) is 3. The second-order valence-corrected chi connectivity index (χ2v) is 3.37. The zero-order chi connectivity index (χ0) is 14.4. The molecular weight excluding hydrogens is 222 g/mol.